The second-order valence-corrected chi connectivity index (χ2v) is 5.44. The molecule has 1 aliphatic carbocycles. The maximum atomic E-state index is 13.7. The molecule has 2 fully saturated rings. The van der Waals surface area contributed by atoms with Crippen LogP contribution in [-0.4, -0.2) is 47.9 Å². The molecule has 0 N–H and O–H groups in total. The monoisotopic (exact) mass is 294 g/mol. The molecule has 21 heavy (non-hydrogen) atoms. The quantitative estimate of drug-likeness (QED) is 0.578. The normalized spacial score (nSPS) is 27.8. The van der Waals surface area contributed by atoms with Crippen molar-refractivity contribution in [1.82, 2.24) is 9.80 Å². The summed E-state index contributed by atoms with van der Waals surface area (Å²) in [6.07, 6.45) is 6.98. The number of barbiturate groups is 1. The van der Waals surface area contributed by atoms with Crippen molar-refractivity contribution >= 4 is 17.8 Å². The van der Waals surface area contributed by atoms with Crippen LogP contribution in [-0.2, 0) is 9.59 Å². The minimum Gasteiger partial charge on any atom is -0.268 e. The highest BCUT2D eigenvalue weighted by Crippen LogP contribution is 2.28. The van der Waals surface area contributed by atoms with E-state index in [1.54, 1.807) is 12.2 Å². The summed E-state index contributed by atoms with van der Waals surface area (Å²) in [4.78, 5) is 37.2. The number of carbonyl (C=O) groups is 3. The van der Waals surface area contributed by atoms with E-state index in [4.69, 9.17) is 0 Å². The molecule has 0 aromatic heterocycles. The van der Waals surface area contributed by atoms with Crippen LogP contribution in [0.25, 0.3) is 0 Å². The molecule has 1 heterocycles. The van der Waals surface area contributed by atoms with E-state index >= 15 is 0 Å². The van der Waals surface area contributed by atoms with Gasteiger partial charge in [-0.1, -0.05) is 25.0 Å². The smallest absolute Gasteiger partial charge is 0.268 e. The van der Waals surface area contributed by atoms with Gasteiger partial charge in [0.25, 0.3) is 11.8 Å². The third-order valence-corrected chi connectivity index (χ3v) is 4.00. The number of allylic oxidation sites excluding steroid dienone is 3. The number of carbonyl (C=O) groups excluding carboxylic acids is 3. The maximum absolute atomic E-state index is 13.7. The average molecular weight is 294 g/mol. The Balaban J connectivity index is 2.14. The van der Waals surface area contributed by atoms with Crippen molar-refractivity contribution in [1.29, 1.82) is 0 Å². The van der Waals surface area contributed by atoms with Crippen LogP contribution in [0.15, 0.2) is 23.8 Å². The zero-order chi connectivity index (χ0) is 15.6. The number of alkyl halides is 1. The minimum absolute atomic E-state index is 0.0814. The summed E-state index contributed by atoms with van der Waals surface area (Å²) in [5.41, 5.74) is -0.0814. The summed E-state index contributed by atoms with van der Waals surface area (Å²) >= 11 is 0. The molecule has 1 aliphatic heterocycles. The number of nitrogens with zero attached hydrogens (tertiary/aromatic N) is 2. The van der Waals surface area contributed by atoms with Crippen molar-refractivity contribution in [2.75, 3.05) is 14.1 Å². The summed E-state index contributed by atoms with van der Waals surface area (Å²) in [5, 5.41) is 0. The van der Waals surface area contributed by atoms with Gasteiger partial charge in [-0.05, 0) is 18.9 Å². The topological polar surface area (TPSA) is 57.7 Å². The third-order valence-electron chi connectivity index (χ3n) is 4.00. The van der Waals surface area contributed by atoms with E-state index in [0.29, 0.717) is 6.42 Å². The summed E-state index contributed by atoms with van der Waals surface area (Å²) in [5.74, 6) is -1.43. The second kappa shape index (κ2) is 6.20. The molecule has 2 unspecified atom stereocenters. The SMILES string of the molecule is CN1C(=O)C(=C/C=C/C2CCCCC2F)C(=O)N(C)C1=O. The molecule has 2 rings (SSSR count). The van der Waals surface area contributed by atoms with Gasteiger partial charge in [-0.3, -0.25) is 19.4 Å². The van der Waals surface area contributed by atoms with Gasteiger partial charge in [-0.2, -0.15) is 0 Å². The Morgan fingerprint density at radius 3 is 2.19 bits per heavy atom. The molecule has 0 aromatic carbocycles. The second-order valence-electron chi connectivity index (χ2n) is 5.44. The highest BCUT2D eigenvalue weighted by molar-refractivity contribution is 6.28. The third kappa shape index (κ3) is 3.04. The van der Waals surface area contributed by atoms with Gasteiger partial charge in [0.15, 0.2) is 0 Å². The van der Waals surface area contributed by atoms with Gasteiger partial charge in [-0.25, -0.2) is 9.18 Å². The lowest BCUT2D eigenvalue weighted by Gasteiger charge is -2.28. The fourth-order valence-electron chi connectivity index (χ4n) is 2.62. The van der Waals surface area contributed by atoms with Gasteiger partial charge < -0.3 is 0 Å². The average Bonchev–Trinajstić information content (AvgIpc) is 2.48. The van der Waals surface area contributed by atoms with E-state index in [9.17, 15) is 18.8 Å². The van der Waals surface area contributed by atoms with E-state index in [2.05, 4.69) is 0 Å². The molecule has 5 nitrogen and oxygen atoms in total. The zero-order valence-corrected chi connectivity index (χ0v) is 12.2. The standard InChI is InChI=1S/C15H19FN2O3/c1-17-13(19)11(14(20)18(2)15(17)21)8-5-7-10-6-3-4-9-12(10)16/h5,7-8,10,12H,3-4,6,9H2,1-2H3/b7-5+. The summed E-state index contributed by atoms with van der Waals surface area (Å²) in [6, 6.07) is -0.651. The lowest BCUT2D eigenvalue weighted by atomic mass is 9.87. The van der Waals surface area contributed by atoms with Gasteiger partial charge in [-0.15, -0.1) is 0 Å². The number of likely N-dealkylation sites (N-methyl/N-ethyl adjacent to an activating group) is 2. The maximum Gasteiger partial charge on any atom is 0.333 e. The van der Waals surface area contributed by atoms with Gasteiger partial charge >= 0.3 is 6.03 Å². The first kappa shape index (κ1) is 15.4. The van der Waals surface area contributed by atoms with Crippen molar-refractivity contribution in [3.63, 3.8) is 0 Å². The zero-order valence-electron chi connectivity index (χ0n) is 12.2. The molecule has 114 valence electrons. The van der Waals surface area contributed by atoms with Crippen molar-refractivity contribution in [3.8, 4) is 0 Å². The van der Waals surface area contributed by atoms with Crippen LogP contribution in [0.4, 0.5) is 9.18 Å². The number of hydrogen-bond donors (Lipinski definition) is 0. The molecule has 6 heteroatoms. The number of halogens is 1. The fourth-order valence-corrected chi connectivity index (χ4v) is 2.62. The van der Waals surface area contributed by atoms with E-state index in [-0.39, 0.29) is 11.5 Å². The molecule has 4 amide bonds. The van der Waals surface area contributed by atoms with Crippen LogP contribution in [0.1, 0.15) is 25.7 Å². The van der Waals surface area contributed by atoms with E-state index in [1.165, 1.54) is 20.2 Å². The van der Waals surface area contributed by atoms with Crippen LogP contribution < -0.4 is 0 Å². The van der Waals surface area contributed by atoms with Gasteiger partial charge in [0.05, 0.1) is 0 Å². The lowest BCUT2D eigenvalue weighted by Crippen LogP contribution is -2.52. The Kier molecular flexibility index (Phi) is 4.55. The van der Waals surface area contributed by atoms with Crippen LogP contribution in [0.5, 0.6) is 0 Å². The van der Waals surface area contributed by atoms with Crippen molar-refractivity contribution in [2.45, 2.75) is 31.9 Å². The molecule has 0 radical (unpaired) electrons. The van der Waals surface area contributed by atoms with Gasteiger partial charge in [0, 0.05) is 20.0 Å². The number of hydrogen-bond acceptors (Lipinski definition) is 3. The lowest BCUT2D eigenvalue weighted by molar-refractivity contribution is -0.134. The number of rotatable bonds is 2. The molecule has 1 saturated carbocycles. The summed E-state index contributed by atoms with van der Waals surface area (Å²) in [6.45, 7) is 0. The van der Waals surface area contributed by atoms with E-state index in [1.807, 2.05) is 0 Å². The molecule has 0 bridgehead atoms. The molecular weight excluding hydrogens is 275 g/mol. The van der Waals surface area contributed by atoms with Crippen LogP contribution in [0.3, 0.4) is 0 Å². The molecule has 0 aromatic rings. The van der Waals surface area contributed by atoms with Crippen molar-refractivity contribution < 1.29 is 18.8 Å². The summed E-state index contributed by atoms with van der Waals surface area (Å²) in [7, 11) is 2.65. The van der Waals surface area contributed by atoms with Crippen molar-refractivity contribution in [3.05, 3.63) is 23.8 Å². The van der Waals surface area contributed by atoms with Crippen LogP contribution in [0.2, 0.25) is 0 Å². The Labute approximate surface area is 123 Å². The Bertz CT molecular complexity index is 501. The van der Waals surface area contributed by atoms with Crippen LogP contribution in [0, 0.1) is 5.92 Å². The fraction of sp³-hybridized carbons (Fsp3) is 0.533. The Morgan fingerprint density at radius 1 is 1.05 bits per heavy atom. The highest BCUT2D eigenvalue weighted by atomic mass is 19.1. The van der Waals surface area contributed by atoms with Gasteiger partial charge in [0.2, 0.25) is 0 Å². The first-order valence-electron chi connectivity index (χ1n) is 7.06. The Morgan fingerprint density at radius 2 is 1.62 bits per heavy atom. The predicted octanol–water partition coefficient (Wildman–Crippen LogP) is 2.05. The summed E-state index contributed by atoms with van der Waals surface area (Å²) < 4.78 is 13.7. The first-order chi connectivity index (χ1) is 9.93. The molecule has 1 saturated heterocycles. The molecule has 0 spiro atoms. The largest absolute Gasteiger partial charge is 0.333 e. The van der Waals surface area contributed by atoms with Crippen molar-refractivity contribution in [2.24, 2.45) is 5.92 Å². The number of urea groups is 1. The molecule has 2 aliphatic rings. The highest BCUT2D eigenvalue weighted by Gasteiger charge is 2.37. The first-order valence-corrected chi connectivity index (χ1v) is 7.06. The predicted molar refractivity (Wildman–Crippen MR) is 75.0 cm³/mol. The van der Waals surface area contributed by atoms with E-state index in [0.717, 1.165) is 29.1 Å². The molecule has 2 atom stereocenters. The minimum atomic E-state index is -0.863. The number of imide groups is 2. The van der Waals surface area contributed by atoms with Crippen LogP contribution >= 0.6 is 0 Å². The Hall–Kier alpha value is -1.98. The number of amides is 4. The van der Waals surface area contributed by atoms with Gasteiger partial charge in [0.1, 0.15) is 11.7 Å². The van der Waals surface area contributed by atoms with E-state index < -0.39 is 24.0 Å². The molecular formula is C15H19FN2O3.